The standard InChI is InChI=1S/C59H108N6O30/c1-37(69)63-46-52(78)49(75)40(31-66)93-55(46)90-28-25-84-22-19-81-16-10-60-43(72)7-13-87-34-59(58(4,5)6,35-88-14-8-44(73)61-11-17-82-20-23-85-26-29-91-56-47(64-38(2)70)53(79)50(76)41(32-67)94-56)36-89-15-9-45(74)62-12-18-83-21-24-86-27-30-92-57-48(65-39(3)71)54(80)51(77)42(33-68)95-57/h40-42,46-57,66-68,75-80H,7-36H2,1-6H3,(H,60,72)(H,61,73)(H,62,74)(H,63,69)(H,64,70)(H,65,71)/t40?,41?,42?,46?,47?,48?,49-,50-,51-,52+,53+,54+,55+,56+,57+,59?/m0/s1. The van der Waals surface area contributed by atoms with Gasteiger partial charge in [0.2, 0.25) is 35.4 Å². The van der Waals surface area contributed by atoms with E-state index in [1.165, 1.54) is 20.8 Å². The van der Waals surface area contributed by atoms with E-state index in [4.69, 9.17) is 71.1 Å². The topological polar surface area (TPSA) is 495 Å². The normalized spacial score (nSPS) is 26.9. The average Bonchev–Trinajstić information content (AvgIpc) is 0.840. The molecule has 0 aromatic rings. The highest BCUT2D eigenvalue weighted by atomic mass is 16.7. The third-order valence-corrected chi connectivity index (χ3v) is 15.2. The third-order valence-electron chi connectivity index (χ3n) is 15.2. The van der Waals surface area contributed by atoms with Crippen LogP contribution in [-0.4, -0.2) is 352 Å². The predicted molar refractivity (Wildman–Crippen MR) is 326 cm³/mol. The minimum Gasteiger partial charge on any atom is -0.394 e. The number of amides is 6. The number of hydrogen-bond donors (Lipinski definition) is 15. The average molecular weight is 1380 g/mol. The number of rotatable bonds is 51. The molecular weight excluding hydrogens is 1270 g/mol. The van der Waals surface area contributed by atoms with Gasteiger partial charge in [-0.2, -0.15) is 0 Å². The molecule has 15 atom stereocenters. The summed E-state index contributed by atoms with van der Waals surface area (Å²) in [6, 6.07) is -3.23. The first kappa shape index (κ1) is 85.1. The summed E-state index contributed by atoms with van der Waals surface area (Å²) in [4.78, 5) is 73.3. The zero-order valence-corrected chi connectivity index (χ0v) is 55.5. The van der Waals surface area contributed by atoms with Crippen molar-refractivity contribution in [2.24, 2.45) is 10.8 Å². The van der Waals surface area contributed by atoms with Crippen LogP contribution in [0.1, 0.15) is 60.8 Å². The van der Waals surface area contributed by atoms with Crippen LogP contribution < -0.4 is 31.9 Å². The van der Waals surface area contributed by atoms with Crippen molar-refractivity contribution in [3.63, 3.8) is 0 Å². The Morgan fingerprint density at radius 2 is 0.589 bits per heavy atom. The van der Waals surface area contributed by atoms with Crippen LogP contribution >= 0.6 is 0 Å². The van der Waals surface area contributed by atoms with Gasteiger partial charge in [-0.25, -0.2) is 0 Å². The number of hydrogen-bond acceptors (Lipinski definition) is 30. The van der Waals surface area contributed by atoms with Gasteiger partial charge in [-0.3, -0.25) is 28.8 Å². The van der Waals surface area contributed by atoms with E-state index in [1.807, 2.05) is 20.8 Å². The molecule has 3 heterocycles. The molecule has 36 heteroatoms. The zero-order chi connectivity index (χ0) is 70.2. The van der Waals surface area contributed by atoms with Crippen LogP contribution in [0.2, 0.25) is 0 Å². The van der Waals surface area contributed by atoms with Gasteiger partial charge in [0.05, 0.1) is 159 Å². The molecule has 3 aliphatic heterocycles. The maximum Gasteiger partial charge on any atom is 0.222 e. The van der Waals surface area contributed by atoms with Crippen molar-refractivity contribution >= 4 is 35.4 Å². The van der Waals surface area contributed by atoms with Crippen molar-refractivity contribution in [1.29, 1.82) is 0 Å². The summed E-state index contributed by atoms with van der Waals surface area (Å²) in [6.45, 7) is 10.8. The molecule has 0 aliphatic carbocycles. The van der Waals surface area contributed by atoms with Crippen LogP contribution in [0.3, 0.4) is 0 Å². The maximum absolute atomic E-state index is 12.8. The molecule has 0 aromatic carbocycles. The predicted octanol–water partition coefficient (Wildman–Crippen LogP) is -7.43. The Hall–Kier alpha value is -4.14. The van der Waals surface area contributed by atoms with Crippen LogP contribution in [0.5, 0.6) is 0 Å². The van der Waals surface area contributed by atoms with Gasteiger partial charge in [0.25, 0.3) is 0 Å². The van der Waals surface area contributed by atoms with Gasteiger partial charge in [-0.15, -0.1) is 0 Å². The van der Waals surface area contributed by atoms with Gasteiger partial charge >= 0.3 is 0 Å². The number of carbonyl (C=O) groups excluding carboxylic acids is 6. The van der Waals surface area contributed by atoms with Crippen LogP contribution in [-0.2, 0) is 99.8 Å². The number of aliphatic hydroxyl groups is 9. The summed E-state index contributed by atoms with van der Waals surface area (Å²) in [5, 5.41) is 106. The highest BCUT2D eigenvalue weighted by Crippen LogP contribution is 2.40. The number of nitrogens with one attached hydrogen (secondary N) is 6. The molecule has 3 aliphatic rings. The Labute approximate surface area is 553 Å². The lowest BCUT2D eigenvalue weighted by atomic mass is 9.68. The molecule has 3 rings (SSSR count). The van der Waals surface area contributed by atoms with Gasteiger partial charge in [0.1, 0.15) is 73.1 Å². The second kappa shape index (κ2) is 47.8. The van der Waals surface area contributed by atoms with Crippen LogP contribution in [0.25, 0.3) is 0 Å². The Morgan fingerprint density at radius 1 is 0.347 bits per heavy atom. The number of aliphatic hydroxyl groups excluding tert-OH is 9. The lowest BCUT2D eigenvalue weighted by Gasteiger charge is -2.44. The van der Waals surface area contributed by atoms with Crippen LogP contribution in [0.15, 0.2) is 0 Å². The van der Waals surface area contributed by atoms with Gasteiger partial charge in [-0.1, -0.05) is 20.8 Å². The molecule has 0 saturated carbocycles. The fourth-order valence-electron chi connectivity index (χ4n) is 9.60. The van der Waals surface area contributed by atoms with Crippen molar-refractivity contribution < 1.29 is 146 Å². The van der Waals surface area contributed by atoms with Crippen LogP contribution in [0, 0.1) is 10.8 Å². The van der Waals surface area contributed by atoms with E-state index in [0.29, 0.717) is 0 Å². The Morgan fingerprint density at radius 3 is 0.821 bits per heavy atom. The summed E-state index contributed by atoms with van der Waals surface area (Å²) < 4.78 is 85.0. The number of ether oxygens (including phenoxy) is 15. The smallest absolute Gasteiger partial charge is 0.222 e. The second-order valence-electron chi connectivity index (χ2n) is 23.6. The van der Waals surface area contributed by atoms with Crippen LogP contribution in [0.4, 0.5) is 0 Å². The summed E-state index contributed by atoms with van der Waals surface area (Å²) in [5.41, 5.74) is -1.37. The van der Waals surface area contributed by atoms with E-state index in [2.05, 4.69) is 31.9 Å². The van der Waals surface area contributed by atoms with E-state index in [-0.39, 0.29) is 195 Å². The van der Waals surface area contributed by atoms with Gasteiger partial charge < -0.3 is 149 Å². The van der Waals surface area contributed by atoms with Crippen molar-refractivity contribution in [2.75, 3.05) is 178 Å². The molecule has 0 spiro atoms. The summed E-state index contributed by atoms with van der Waals surface area (Å²) in [5.74, 6) is -2.31. The minimum atomic E-state index is -1.44. The fourth-order valence-corrected chi connectivity index (χ4v) is 9.60. The molecule has 3 saturated heterocycles. The fraction of sp³-hybridized carbons (Fsp3) is 0.898. The second-order valence-corrected chi connectivity index (χ2v) is 23.6. The van der Waals surface area contributed by atoms with Crippen molar-refractivity contribution in [2.45, 2.75) is 153 Å². The van der Waals surface area contributed by atoms with Crippen molar-refractivity contribution in [3.8, 4) is 0 Å². The molecule has 0 radical (unpaired) electrons. The lowest BCUT2D eigenvalue weighted by Crippen LogP contribution is -2.64. The molecule has 6 unspecified atom stereocenters. The molecule has 0 bridgehead atoms. The molecule has 95 heavy (non-hydrogen) atoms. The van der Waals surface area contributed by atoms with E-state index in [0.717, 1.165) is 0 Å². The Balaban J connectivity index is 1.38. The first-order valence-electron chi connectivity index (χ1n) is 31.9. The molecule has 6 amide bonds. The highest BCUT2D eigenvalue weighted by molar-refractivity contribution is 5.77. The molecule has 0 aromatic heterocycles. The Kier molecular flexibility index (Phi) is 42.8. The lowest BCUT2D eigenvalue weighted by molar-refractivity contribution is -0.272. The molecular formula is C59H108N6O30. The summed E-state index contributed by atoms with van der Waals surface area (Å²) in [6.07, 6.45) is -15.4. The maximum atomic E-state index is 12.8. The highest BCUT2D eigenvalue weighted by Gasteiger charge is 2.48. The molecule has 554 valence electrons. The van der Waals surface area contributed by atoms with Crippen molar-refractivity contribution in [1.82, 2.24) is 31.9 Å². The first-order chi connectivity index (χ1) is 45.4. The van der Waals surface area contributed by atoms with E-state index >= 15 is 0 Å². The zero-order valence-electron chi connectivity index (χ0n) is 55.5. The monoisotopic (exact) mass is 1380 g/mol. The van der Waals surface area contributed by atoms with E-state index in [9.17, 15) is 74.7 Å². The largest absolute Gasteiger partial charge is 0.394 e. The van der Waals surface area contributed by atoms with E-state index < -0.39 is 140 Å². The summed E-state index contributed by atoms with van der Waals surface area (Å²) >= 11 is 0. The van der Waals surface area contributed by atoms with Gasteiger partial charge in [-0.05, 0) is 5.41 Å². The summed E-state index contributed by atoms with van der Waals surface area (Å²) in [7, 11) is 0. The minimum absolute atomic E-state index is 0.00380. The van der Waals surface area contributed by atoms with Gasteiger partial charge in [0, 0.05) is 65.1 Å². The quantitative estimate of drug-likeness (QED) is 0.0252. The van der Waals surface area contributed by atoms with E-state index in [1.54, 1.807) is 0 Å². The molecule has 36 nitrogen and oxygen atoms in total. The van der Waals surface area contributed by atoms with Crippen molar-refractivity contribution in [3.05, 3.63) is 0 Å². The first-order valence-corrected chi connectivity index (χ1v) is 31.9. The van der Waals surface area contributed by atoms with Gasteiger partial charge in [0.15, 0.2) is 18.9 Å². The third kappa shape index (κ3) is 32.6. The number of carbonyl (C=O) groups is 6. The Bertz CT molecular complexity index is 1930. The SMILES string of the molecule is CC(=O)NC1[C@H](OCCOCCOCCNC(=O)CCOCC(COCCC(=O)NCCOCCOCCO[C@@H]2OC(CO)[C@H](O)[C@H](O)C2NC(C)=O)(COCCC(=O)NCCOCCOCCO[C@@H]2OC(CO)[C@H](O)[C@H](O)C2NC(C)=O)C(C)(C)C)OC(CO)[C@H](O)[C@@H]1O. The molecule has 15 N–H and O–H groups in total. The molecule has 3 fully saturated rings.